The highest BCUT2D eigenvalue weighted by atomic mass is 16.6. The summed E-state index contributed by atoms with van der Waals surface area (Å²) >= 11 is 0. The topological polar surface area (TPSA) is 98.0 Å². The normalized spacial score (nSPS) is 9.67. The van der Waals surface area contributed by atoms with E-state index in [0.29, 0.717) is 5.56 Å². The van der Waals surface area contributed by atoms with Crippen LogP contribution in [0, 0.1) is 0 Å². The molecule has 0 aliphatic carbocycles. The van der Waals surface area contributed by atoms with Gasteiger partial charge in [0.15, 0.2) is 11.5 Å². The second kappa shape index (κ2) is 7.69. The molecule has 0 aliphatic rings. The van der Waals surface area contributed by atoms with Gasteiger partial charge in [0.2, 0.25) is 0 Å². The Kier molecular flexibility index (Phi) is 5.41. The summed E-state index contributed by atoms with van der Waals surface area (Å²) in [5.74, 6) is -0.190. The van der Waals surface area contributed by atoms with Crippen LogP contribution in [0.4, 0.5) is 4.79 Å². The summed E-state index contributed by atoms with van der Waals surface area (Å²) in [6.07, 6.45) is -1.83. The number of aromatic hydroxyl groups is 2. The third-order valence-corrected chi connectivity index (χ3v) is 3.30. The molecule has 122 valence electrons. The van der Waals surface area contributed by atoms with Crippen molar-refractivity contribution >= 4 is 6.16 Å². The predicted molar refractivity (Wildman–Crippen MR) is 91.3 cm³/mol. The fraction of sp³-hybridized carbons (Fsp3) is 0. The van der Waals surface area contributed by atoms with Crippen LogP contribution in [-0.4, -0.2) is 26.6 Å². The molecule has 0 saturated heterocycles. The van der Waals surface area contributed by atoms with Crippen LogP contribution in [0.15, 0.2) is 72.8 Å². The molecule has 0 saturated carbocycles. The molecule has 0 atom stereocenters. The highest BCUT2D eigenvalue weighted by Gasteiger charge is 2.08. The number of carboxylic acid groups (broad SMARTS) is 2. The molecule has 0 bridgehead atoms. The van der Waals surface area contributed by atoms with E-state index in [1.54, 1.807) is 12.1 Å². The zero-order valence-corrected chi connectivity index (χ0v) is 12.6. The van der Waals surface area contributed by atoms with Crippen LogP contribution < -0.4 is 0 Å². The Morgan fingerprint density at radius 2 is 1.21 bits per heavy atom. The first kappa shape index (κ1) is 16.9. The lowest BCUT2D eigenvalue weighted by molar-refractivity contribution is 0.137. The summed E-state index contributed by atoms with van der Waals surface area (Å²) in [5, 5.41) is 33.5. The van der Waals surface area contributed by atoms with Gasteiger partial charge in [0, 0.05) is 5.56 Å². The van der Waals surface area contributed by atoms with Gasteiger partial charge in [-0.2, -0.15) is 0 Å². The summed E-state index contributed by atoms with van der Waals surface area (Å²) in [6, 6.07) is 22.9. The number of phenolic OH excluding ortho intramolecular Hbond substituents is 2. The smallest absolute Gasteiger partial charge is 0.503 e. The number of para-hydroxylation sites is 1. The number of hydrogen-bond donors (Lipinski definition) is 4. The van der Waals surface area contributed by atoms with Gasteiger partial charge in [-0.1, -0.05) is 60.7 Å². The monoisotopic (exact) mass is 324 g/mol. The van der Waals surface area contributed by atoms with Crippen molar-refractivity contribution in [3.63, 3.8) is 0 Å². The van der Waals surface area contributed by atoms with E-state index in [2.05, 4.69) is 0 Å². The molecule has 5 heteroatoms. The lowest BCUT2D eigenvalue weighted by Crippen LogP contribution is -1.82. The van der Waals surface area contributed by atoms with Crippen LogP contribution in [0.3, 0.4) is 0 Å². The average molecular weight is 324 g/mol. The average Bonchev–Trinajstić information content (AvgIpc) is 2.58. The number of phenols is 2. The molecule has 3 aromatic rings. The molecular weight excluding hydrogens is 308 g/mol. The molecule has 0 unspecified atom stereocenters. The summed E-state index contributed by atoms with van der Waals surface area (Å²) in [4.78, 5) is 8.56. The summed E-state index contributed by atoms with van der Waals surface area (Å²) in [7, 11) is 0. The summed E-state index contributed by atoms with van der Waals surface area (Å²) in [5.41, 5.74) is 3.70. The zero-order chi connectivity index (χ0) is 17.5. The number of carbonyl (C=O) groups is 1. The molecule has 0 fully saturated rings. The van der Waals surface area contributed by atoms with E-state index in [-0.39, 0.29) is 11.5 Å². The second-order valence-electron chi connectivity index (χ2n) is 4.90. The van der Waals surface area contributed by atoms with E-state index < -0.39 is 6.16 Å². The minimum Gasteiger partial charge on any atom is -0.504 e. The van der Waals surface area contributed by atoms with Gasteiger partial charge in [0.25, 0.3) is 0 Å². The highest BCUT2D eigenvalue weighted by Crippen LogP contribution is 2.37. The van der Waals surface area contributed by atoms with Crippen molar-refractivity contribution in [2.75, 3.05) is 0 Å². The van der Waals surface area contributed by atoms with Gasteiger partial charge in [0.05, 0.1) is 0 Å². The first-order valence-corrected chi connectivity index (χ1v) is 7.07. The molecule has 3 rings (SSSR count). The van der Waals surface area contributed by atoms with Crippen molar-refractivity contribution < 1.29 is 25.2 Å². The zero-order valence-electron chi connectivity index (χ0n) is 12.6. The predicted octanol–water partition coefficient (Wildman–Crippen LogP) is 4.65. The Balaban J connectivity index is 0.000000471. The van der Waals surface area contributed by atoms with Crippen LogP contribution in [-0.2, 0) is 0 Å². The second-order valence-corrected chi connectivity index (χ2v) is 4.90. The lowest BCUT2D eigenvalue weighted by Gasteiger charge is -2.08. The molecule has 0 aliphatic heterocycles. The molecular formula is C19H16O5. The van der Waals surface area contributed by atoms with Gasteiger partial charge < -0.3 is 20.4 Å². The van der Waals surface area contributed by atoms with Crippen molar-refractivity contribution in [3.8, 4) is 33.8 Å². The highest BCUT2D eigenvalue weighted by molar-refractivity contribution is 5.77. The minimum absolute atomic E-state index is 0.0855. The molecule has 0 spiro atoms. The van der Waals surface area contributed by atoms with Gasteiger partial charge in [-0.15, -0.1) is 0 Å². The van der Waals surface area contributed by atoms with E-state index >= 15 is 0 Å². The maximum absolute atomic E-state index is 9.96. The van der Waals surface area contributed by atoms with Crippen LogP contribution in [0.1, 0.15) is 0 Å². The Bertz CT molecular complexity index is 824. The van der Waals surface area contributed by atoms with Crippen molar-refractivity contribution in [2.24, 2.45) is 0 Å². The van der Waals surface area contributed by atoms with Gasteiger partial charge in [-0.25, -0.2) is 4.79 Å². The van der Waals surface area contributed by atoms with E-state index in [9.17, 15) is 10.2 Å². The molecule has 0 aromatic heterocycles. The third-order valence-electron chi connectivity index (χ3n) is 3.30. The lowest BCUT2D eigenvalue weighted by atomic mass is 9.98. The minimum atomic E-state index is -1.83. The van der Waals surface area contributed by atoms with Gasteiger partial charge in [0.1, 0.15) is 0 Å². The number of benzene rings is 3. The van der Waals surface area contributed by atoms with Crippen molar-refractivity contribution in [1.82, 2.24) is 0 Å². The summed E-state index contributed by atoms with van der Waals surface area (Å²) < 4.78 is 0. The van der Waals surface area contributed by atoms with Crippen molar-refractivity contribution in [1.29, 1.82) is 0 Å². The molecule has 0 radical (unpaired) electrons. The van der Waals surface area contributed by atoms with Crippen molar-refractivity contribution in [3.05, 3.63) is 72.8 Å². The van der Waals surface area contributed by atoms with E-state index in [0.717, 1.165) is 16.7 Å². The van der Waals surface area contributed by atoms with E-state index in [1.165, 1.54) is 6.07 Å². The summed E-state index contributed by atoms with van der Waals surface area (Å²) in [6.45, 7) is 0. The maximum atomic E-state index is 9.96. The fourth-order valence-electron chi connectivity index (χ4n) is 2.26. The standard InChI is InChI=1S/C18H14O2.CH2O3/c19-17-11-5-10-16(18(17)20)15-9-4-8-14(12-15)13-6-2-1-3-7-13;2-1(3)4/h1-12,19-20H;(H2,2,3,4). The Morgan fingerprint density at radius 1 is 0.667 bits per heavy atom. The van der Waals surface area contributed by atoms with E-state index in [1.807, 2.05) is 54.6 Å². The van der Waals surface area contributed by atoms with Gasteiger partial charge in [-0.05, 0) is 28.8 Å². The fourth-order valence-corrected chi connectivity index (χ4v) is 2.26. The van der Waals surface area contributed by atoms with Crippen LogP contribution in [0.2, 0.25) is 0 Å². The van der Waals surface area contributed by atoms with Gasteiger partial charge in [-0.3, -0.25) is 0 Å². The Hall–Kier alpha value is -3.47. The molecule has 3 aromatic carbocycles. The molecule has 0 amide bonds. The Morgan fingerprint density at radius 3 is 1.88 bits per heavy atom. The molecule has 24 heavy (non-hydrogen) atoms. The molecule has 4 N–H and O–H groups in total. The third kappa shape index (κ3) is 4.27. The Labute approximate surface area is 138 Å². The largest absolute Gasteiger partial charge is 0.504 e. The van der Waals surface area contributed by atoms with Crippen LogP contribution >= 0.6 is 0 Å². The number of hydrogen-bond acceptors (Lipinski definition) is 3. The van der Waals surface area contributed by atoms with Crippen molar-refractivity contribution in [2.45, 2.75) is 0 Å². The van der Waals surface area contributed by atoms with Crippen LogP contribution in [0.5, 0.6) is 11.5 Å². The maximum Gasteiger partial charge on any atom is 0.503 e. The molecule has 0 heterocycles. The van der Waals surface area contributed by atoms with E-state index in [4.69, 9.17) is 15.0 Å². The molecule has 5 nitrogen and oxygen atoms in total. The SMILES string of the molecule is O=C(O)O.Oc1cccc(-c2cccc(-c3ccccc3)c2)c1O. The van der Waals surface area contributed by atoms with Crippen LogP contribution in [0.25, 0.3) is 22.3 Å². The quantitative estimate of drug-likeness (QED) is 0.514. The first-order chi connectivity index (χ1) is 11.5. The number of rotatable bonds is 2. The first-order valence-electron chi connectivity index (χ1n) is 7.07. The van der Waals surface area contributed by atoms with Gasteiger partial charge >= 0.3 is 6.16 Å².